The molecule has 0 aliphatic carbocycles. The Balaban J connectivity index is 2.48. The van der Waals surface area contributed by atoms with Crippen molar-refractivity contribution in [1.29, 1.82) is 0 Å². The molecule has 0 radical (unpaired) electrons. The lowest BCUT2D eigenvalue weighted by Gasteiger charge is -2.21. The van der Waals surface area contributed by atoms with Gasteiger partial charge in [-0.05, 0) is 11.6 Å². The van der Waals surface area contributed by atoms with Crippen LogP contribution in [0.3, 0.4) is 0 Å². The minimum Gasteiger partial charge on any atom is -0.329 e. The molecule has 0 aliphatic rings. The van der Waals surface area contributed by atoms with E-state index in [4.69, 9.17) is 5.73 Å². The summed E-state index contributed by atoms with van der Waals surface area (Å²) in [5.41, 5.74) is 7.59. The summed E-state index contributed by atoms with van der Waals surface area (Å²) < 4.78 is 0. The highest BCUT2D eigenvalue weighted by atomic mass is 16.1. The Hall–Kier alpha value is -2.14. The molecule has 0 saturated heterocycles. The van der Waals surface area contributed by atoms with Gasteiger partial charge in [-0.1, -0.05) is 32.0 Å². The number of aromatic amines is 1. The van der Waals surface area contributed by atoms with Crippen LogP contribution in [0.25, 0.3) is 0 Å². The van der Waals surface area contributed by atoms with Crippen LogP contribution in [0.1, 0.15) is 31.2 Å². The van der Waals surface area contributed by atoms with Gasteiger partial charge in [0.15, 0.2) is 0 Å². The Kier molecular flexibility index (Phi) is 4.20. The maximum atomic E-state index is 11.8. The average Bonchev–Trinajstić information content (AvgIpc) is 2.45. The number of nitrogens with zero attached hydrogens (tertiary/aromatic N) is 2. The molecule has 0 aliphatic heterocycles. The first-order chi connectivity index (χ1) is 9.52. The number of H-pyrrole nitrogens is 1. The summed E-state index contributed by atoms with van der Waals surface area (Å²) in [6.07, 6.45) is 0. The highest BCUT2D eigenvalue weighted by Crippen LogP contribution is 2.25. The van der Waals surface area contributed by atoms with Crippen LogP contribution < -0.4 is 16.2 Å². The second kappa shape index (κ2) is 5.88. The maximum Gasteiger partial charge on any atom is 0.253 e. The molecule has 0 spiro atoms. The van der Waals surface area contributed by atoms with Crippen LogP contribution in [0.15, 0.2) is 35.1 Å². The van der Waals surface area contributed by atoms with E-state index in [1.165, 1.54) is 6.07 Å². The minimum atomic E-state index is -0.143. The summed E-state index contributed by atoms with van der Waals surface area (Å²) in [6.45, 7) is 4.44. The van der Waals surface area contributed by atoms with Crippen LogP contribution in [0.5, 0.6) is 0 Å². The summed E-state index contributed by atoms with van der Waals surface area (Å²) >= 11 is 0. The molecule has 20 heavy (non-hydrogen) atoms. The molecule has 0 amide bonds. The number of benzene rings is 1. The third-order valence-corrected chi connectivity index (χ3v) is 3.21. The van der Waals surface area contributed by atoms with Gasteiger partial charge in [-0.3, -0.25) is 4.79 Å². The van der Waals surface area contributed by atoms with Crippen molar-refractivity contribution in [3.05, 3.63) is 52.1 Å². The van der Waals surface area contributed by atoms with Gasteiger partial charge in [0.2, 0.25) is 0 Å². The average molecular weight is 272 g/mol. The van der Waals surface area contributed by atoms with Gasteiger partial charge < -0.3 is 15.6 Å². The predicted molar refractivity (Wildman–Crippen MR) is 81.3 cm³/mol. The molecule has 2 rings (SSSR count). The molecule has 3 N–H and O–H groups in total. The topological polar surface area (TPSA) is 75.0 Å². The molecule has 0 atom stereocenters. The lowest BCUT2D eigenvalue weighted by Crippen LogP contribution is -2.20. The molecule has 0 bridgehead atoms. The Morgan fingerprint density at radius 2 is 2.05 bits per heavy atom. The fraction of sp³-hybridized carbons (Fsp3) is 0.333. The largest absolute Gasteiger partial charge is 0.329 e. The van der Waals surface area contributed by atoms with Crippen molar-refractivity contribution in [2.45, 2.75) is 26.3 Å². The Labute approximate surface area is 118 Å². The standard InChI is InChI=1S/C15H20N4O/c1-10(2)15-17-13(8-14(20)18-15)19(3)12-7-5-4-6-11(12)9-16/h4-8,10H,9,16H2,1-3H3,(H,17,18,20). The third kappa shape index (κ3) is 2.88. The predicted octanol–water partition coefficient (Wildman–Crippen LogP) is 2.12. The maximum absolute atomic E-state index is 11.8. The first-order valence-corrected chi connectivity index (χ1v) is 6.66. The van der Waals surface area contributed by atoms with Crippen molar-refractivity contribution in [3.8, 4) is 0 Å². The lowest BCUT2D eigenvalue weighted by atomic mass is 10.1. The second-order valence-corrected chi connectivity index (χ2v) is 5.04. The molecule has 1 aromatic heterocycles. The van der Waals surface area contributed by atoms with Crippen LogP contribution in [0, 0.1) is 0 Å². The molecule has 106 valence electrons. The van der Waals surface area contributed by atoms with E-state index in [-0.39, 0.29) is 11.5 Å². The summed E-state index contributed by atoms with van der Waals surface area (Å²) in [6, 6.07) is 9.34. The van der Waals surface area contributed by atoms with Crippen LogP contribution in [-0.4, -0.2) is 17.0 Å². The highest BCUT2D eigenvalue weighted by molar-refractivity contribution is 5.62. The Bertz CT molecular complexity index is 648. The lowest BCUT2D eigenvalue weighted by molar-refractivity contribution is 0.764. The quantitative estimate of drug-likeness (QED) is 0.894. The normalized spacial score (nSPS) is 10.8. The van der Waals surface area contributed by atoms with Gasteiger partial charge in [-0.15, -0.1) is 0 Å². The number of hydrogen-bond donors (Lipinski definition) is 2. The van der Waals surface area contributed by atoms with Crippen molar-refractivity contribution < 1.29 is 0 Å². The molecule has 1 aromatic carbocycles. The summed E-state index contributed by atoms with van der Waals surface area (Å²) in [4.78, 5) is 20.9. The highest BCUT2D eigenvalue weighted by Gasteiger charge is 2.12. The van der Waals surface area contributed by atoms with E-state index in [0.717, 1.165) is 11.3 Å². The zero-order chi connectivity index (χ0) is 14.7. The van der Waals surface area contributed by atoms with Gasteiger partial charge in [0.05, 0.1) is 0 Å². The van der Waals surface area contributed by atoms with Crippen LogP contribution in [-0.2, 0) is 6.54 Å². The molecular formula is C15H20N4O. The number of aromatic nitrogens is 2. The van der Waals surface area contributed by atoms with Crippen LogP contribution in [0.2, 0.25) is 0 Å². The van der Waals surface area contributed by atoms with E-state index < -0.39 is 0 Å². The van der Waals surface area contributed by atoms with E-state index in [2.05, 4.69) is 9.97 Å². The number of para-hydroxylation sites is 1. The van der Waals surface area contributed by atoms with E-state index in [1.807, 2.05) is 50.1 Å². The van der Waals surface area contributed by atoms with Gasteiger partial charge >= 0.3 is 0 Å². The van der Waals surface area contributed by atoms with Gasteiger partial charge in [0.25, 0.3) is 5.56 Å². The molecule has 0 saturated carbocycles. The van der Waals surface area contributed by atoms with Crippen molar-refractivity contribution in [1.82, 2.24) is 9.97 Å². The monoisotopic (exact) mass is 272 g/mol. The van der Waals surface area contributed by atoms with E-state index in [0.29, 0.717) is 18.2 Å². The fourth-order valence-corrected chi connectivity index (χ4v) is 2.04. The molecule has 5 nitrogen and oxygen atoms in total. The number of nitrogens with one attached hydrogen (secondary N) is 1. The van der Waals surface area contributed by atoms with Crippen molar-refractivity contribution in [3.63, 3.8) is 0 Å². The van der Waals surface area contributed by atoms with Crippen molar-refractivity contribution in [2.75, 3.05) is 11.9 Å². The number of anilines is 2. The van der Waals surface area contributed by atoms with Gasteiger partial charge in [0.1, 0.15) is 11.6 Å². The SMILES string of the molecule is CC(C)c1nc(N(C)c2ccccc2CN)cc(=O)[nH]1. The molecule has 0 fully saturated rings. The molecule has 1 heterocycles. The second-order valence-electron chi connectivity index (χ2n) is 5.04. The van der Waals surface area contributed by atoms with Gasteiger partial charge in [-0.2, -0.15) is 0 Å². The number of hydrogen-bond acceptors (Lipinski definition) is 4. The summed E-state index contributed by atoms with van der Waals surface area (Å²) in [5.74, 6) is 1.48. The summed E-state index contributed by atoms with van der Waals surface area (Å²) in [7, 11) is 1.89. The zero-order valence-electron chi connectivity index (χ0n) is 12.1. The van der Waals surface area contributed by atoms with E-state index in [1.54, 1.807) is 0 Å². The Morgan fingerprint density at radius 3 is 2.70 bits per heavy atom. The number of nitrogens with two attached hydrogens (primary N) is 1. The van der Waals surface area contributed by atoms with Gasteiger partial charge in [0, 0.05) is 31.3 Å². The molecule has 5 heteroatoms. The fourth-order valence-electron chi connectivity index (χ4n) is 2.04. The zero-order valence-corrected chi connectivity index (χ0v) is 12.1. The first kappa shape index (κ1) is 14.3. The molecule has 0 unspecified atom stereocenters. The molecule has 2 aromatic rings. The van der Waals surface area contributed by atoms with Crippen molar-refractivity contribution in [2.24, 2.45) is 5.73 Å². The smallest absolute Gasteiger partial charge is 0.253 e. The van der Waals surface area contributed by atoms with E-state index in [9.17, 15) is 4.79 Å². The first-order valence-electron chi connectivity index (χ1n) is 6.66. The Morgan fingerprint density at radius 1 is 1.35 bits per heavy atom. The van der Waals surface area contributed by atoms with Crippen molar-refractivity contribution >= 4 is 11.5 Å². The van der Waals surface area contributed by atoms with Gasteiger partial charge in [-0.25, -0.2) is 4.98 Å². The minimum absolute atomic E-state index is 0.143. The van der Waals surface area contributed by atoms with E-state index >= 15 is 0 Å². The van der Waals surface area contributed by atoms with Crippen LogP contribution >= 0.6 is 0 Å². The summed E-state index contributed by atoms with van der Waals surface area (Å²) in [5, 5.41) is 0. The third-order valence-electron chi connectivity index (χ3n) is 3.21. The molecular weight excluding hydrogens is 252 g/mol. The van der Waals surface area contributed by atoms with Crippen LogP contribution in [0.4, 0.5) is 11.5 Å². The number of rotatable bonds is 4.